The third-order valence-corrected chi connectivity index (χ3v) is 7.80. The van der Waals surface area contributed by atoms with Crippen LogP contribution in [0.5, 0.6) is 11.5 Å². The van der Waals surface area contributed by atoms with Crippen LogP contribution in [0.3, 0.4) is 0 Å². The summed E-state index contributed by atoms with van der Waals surface area (Å²) in [4.78, 5) is 15.3. The monoisotopic (exact) mass is 491 g/mol. The maximum absolute atomic E-state index is 12.7. The highest BCUT2D eigenvalue weighted by atomic mass is 32.2. The number of thiazole rings is 1. The van der Waals surface area contributed by atoms with Gasteiger partial charge in [-0.25, -0.2) is 13.4 Å². The first-order valence-corrected chi connectivity index (χ1v) is 12.7. The molecule has 176 valence electrons. The molecular weight excluding hydrogens is 466 g/mol. The molecule has 9 nitrogen and oxygen atoms in total. The molecule has 11 heteroatoms. The Balaban J connectivity index is 1.77. The van der Waals surface area contributed by atoms with Crippen LogP contribution in [0.4, 0.5) is 5.69 Å². The lowest BCUT2D eigenvalue weighted by Crippen LogP contribution is -2.30. The van der Waals surface area contributed by atoms with Gasteiger partial charge in [-0.3, -0.25) is 10.1 Å². The zero-order valence-corrected chi connectivity index (χ0v) is 20.2. The SMILES string of the molecule is CCOc1ccc(-c2nc(COc3ccc(S(=O)(=O)N(CC)CC)cc3[N+](=O)[O-])cs2)cc1. The Morgan fingerprint density at radius 3 is 2.36 bits per heavy atom. The number of hydrogen-bond acceptors (Lipinski definition) is 8. The molecule has 0 saturated carbocycles. The van der Waals surface area contributed by atoms with E-state index in [0.717, 1.165) is 22.4 Å². The second-order valence-corrected chi connectivity index (χ2v) is 9.66. The van der Waals surface area contributed by atoms with E-state index in [1.807, 2.05) is 36.6 Å². The molecule has 0 amide bonds. The average molecular weight is 492 g/mol. The van der Waals surface area contributed by atoms with Crippen LogP contribution >= 0.6 is 11.3 Å². The number of sulfonamides is 1. The molecule has 0 unspecified atom stereocenters. The van der Waals surface area contributed by atoms with Gasteiger partial charge in [-0.15, -0.1) is 11.3 Å². The van der Waals surface area contributed by atoms with Crippen molar-refractivity contribution in [2.75, 3.05) is 19.7 Å². The molecule has 0 saturated heterocycles. The summed E-state index contributed by atoms with van der Waals surface area (Å²) in [6.45, 7) is 6.48. The first kappa shape index (κ1) is 24.6. The van der Waals surface area contributed by atoms with Gasteiger partial charge in [0, 0.05) is 30.1 Å². The molecule has 0 aliphatic rings. The minimum atomic E-state index is -3.82. The third kappa shape index (κ3) is 5.67. The highest BCUT2D eigenvalue weighted by molar-refractivity contribution is 7.89. The molecule has 0 fully saturated rings. The lowest BCUT2D eigenvalue weighted by atomic mass is 10.2. The number of nitro benzene ring substituents is 1. The lowest BCUT2D eigenvalue weighted by molar-refractivity contribution is -0.386. The van der Waals surface area contributed by atoms with Crippen LogP contribution in [0, 0.1) is 10.1 Å². The van der Waals surface area contributed by atoms with Gasteiger partial charge in [-0.2, -0.15) is 4.31 Å². The summed E-state index contributed by atoms with van der Waals surface area (Å²) in [7, 11) is -3.82. The highest BCUT2D eigenvalue weighted by Gasteiger charge is 2.26. The van der Waals surface area contributed by atoms with Crippen molar-refractivity contribution in [1.29, 1.82) is 0 Å². The van der Waals surface area contributed by atoms with Crippen molar-refractivity contribution in [3.8, 4) is 22.1 Å². The Bertz CT molecular complexity index is 1210. The average Bonchev–Trinajstić information content (AvgIpc) is 3.28. The zero-order chi connectivity index (χ0) is 24.0. The van der Waals surface area contributed by atoms with E-state index in [2.05, 4.69) is 4.98 Å². The van der Waals surface area contributed by atoms with Gasteiger partial charge >= 0.3 is 5.69 Å². The molecule has 0 N–H and O–H groups in total. The van der Waals surface area contributed by atoms with Crippen LogP contribution in [-0.4, -0.2) is 42.3 Å². The smallest absolute Gasteiger partial charge is 0.312 e. The summed E-state index contributed by atoms with van der Waals surface area (Å²) in [5, 5.41) is 14.2. The van der Waals surface area contributed by atoms with Crippen LogP contribution in [0.25, 0.3) is 10.6 Å². The summed E-state index contributed by atoms with van der Waals surface area (Å²) in [6, 6.07) is 11.2. The summed E-state index contributed by atoms with van der Waals surface area (Å²) in [5.41, 5.74) is 1.12. The quantitative estimate of drug-likeness (QED) is 0.282. The minimum Gasteiger partial charge on any atom is -0.494 e. The van der Waals surface area contributed by atoms with Gasteiger partial charge in [0.25, 0.3) is 0 Å². The molecule has 1 aromatic heterocycles. The fraction of sp³-hybridized carbons (Fsp3) is 0.318. The molecule has 0 bridgehead atoms. The molecular formula is C22H25N3O6S2. The topological polar surface area (TPSA) is 112 Å². The molecule has 0 atom stereocenters. The van der Waals surface area contributed by atoms with E-state index in [4.69, 9.17) is 9.47 Å². The number of benzene rings is 2. The Hall–Kier alpha value is -3.02. The fourth-order valence-electron chi connectivity index (χ4n) is 3.15. The van der Waals surface area contributed by atoms with Gasteiger partial charge in [0.15, 0.2) is 5.75 Å². The van der Waals surface area contributed by atoms with Gasteiger partial charge in [-0.1, -0.05) is 13.8 Å². The van der Waals surface area contributed by atoms with Crippen LogP contribution in [0.2, 0.25) is 0 Å². The van der Waals surface area contributed by atoms with Gasteiger partial charge < -0.3 is 9.47 Å². The molecule has 0 aliphatic heterocycles. The second-order valence-electron chi connectivity index (χ2n) is 6.87. The molecule has 33 heavy (non-hydrogen) atoms. The van der Waals surface area contributed by atoms with Crippen LogP contribution in [0.15, 0.2) is 52.7 Å². The maximum Gasteiger partial charge on any atom is 0.312 e. The Morgan fingerprint density at radius 1 is 1.06 bits per heavy atom. The van der Waals surface area contributed by atoms with E-state index in [-0.39, 0.29) is 30.3 Å². The van der Waals surface area contributed by atoms with E-state index in [1.54, 1.807) is 13.8 Å². The Morgan fingerprint density at radius 2 is 1.76 bits per heavy atom. The van der Waals surface area contributed by atoms with Gasteiger partial charge in [0.05, 0.1) is 22.1 Å². The maximum atomic E-state index is 12.7. The van der Waals surface area contributed by atoms with Crippen LogP contribution in [0.1, 0.15) is 26.5 Å². The van der Waals surface area contributed by atoms with Crippen molar-refractivity contribution in [3.05, 3.63) is 63.7 Å². The summed E-state index contributed by atoms with van der Waals surface area (Å²) >= 11 is 1.43. The van der Waals surface area contributed by atoms with Crippen molar-refractivity contribution in [2.24, 2.45) is 0 Å². The second kappa shape index (κ2) is 10.7. The number of nitro groups is 1. The lowest BCUT2D eigenvalue weighted by Gasteiger charge is -2.18. The Labute approximate surface area is 196 Å². The van der Waals surface area contributed by atoms with Gasteiger partial charge in [0.1, 0.15) is 17.4 Å². The van der Waals surface area contributed by atoms with E-state index in [9.17, 15) is 18.5 Å². The highest BCUT2D eigenvalue weighted by Crippen LogP contribution is 2.32. The first-order valence-electron chi connectivity index (χ1n) is 10.4. The first-order chi connectivity index (χ1) is 15.8. The van der Waals surface area contributed by atoms with Crippen LogP contribution < -0.4 is 9.47 Å². The Kier molecular flexibility index (Phi) is 8.01. The number of aromatic nitrogens is 1. The number of ether oxygens (including phenoxy) is 2. The molecule has 0 radical (unpaired) electrons. The largest absolute Gasteiger partial charge is 0.494 e. The van der Waals surface area contributed by atoms with Crippen molar-refractivity contribution in [2.45, 2.75) is 32.3 Å². The normalized spacial score (nSPS) is 11.5. The number of hydrogen-bond donors (Lipinski definition) is 0. The molecule has 0 aliphatic carbocycles. The minimum absolute atomic E-state index is 0.0104. The van der Waals surface area contributed by atoms with E-state index in [1.165, 1.54) is 27.8 Å². The van der Waals surface area contributed by atoms with Gasteiger partial charge in [-0.05, 0) is 43.3 Å². The third-order valence-electron chi connectivity index (χ3n) is 4.81. The van der Waals surface area contributed by atoms with Crippen molar-refractivity contribution in [3.63, 3.8) is 0 Å². The van der Waals surface area contributed by atoms with Crippen molar-refractivity contribution in [1.82, 2.24) is 9.29 Å². The molecule has 2 aromatic carbocycles. The standard InChI is InChI=1S/C22H25N3O6S2/c1-4-24(5-2)33(28,29)19-11-12-21(20(13-19)25(26)27)31-14-17-15-32-22(23-17)16-7-9-18(10-8-16)30-6-3/h7-13,15H,4-6,14H2,1-3H3. The van der Waals surface area contributed by atoms with E-state index < -0.39 is 20.6 Å². The molecule has 1 heterocycles. The van der Waals surface area contributed by atoms with Crippen molar-refractivity contribution < 1.29 is 22.8 Å². The van der Waals surface area contributed by atoms with Gasteiger partial charge in [0.2, 0.25) is 10.0 Å². The zero-order valence-electron chi connectivity index (χ0n) is 18.6. The molecule has 3 aromatic rings. The fourth-order valence-corrected chi connectivity index (χ4v) is 5.44. The summed E-state index contributed by atoms with van der Waals surface area (Å²) < 4.78 is 37.7. The summed E-state index contributed by atoms with van der Waals surface area (Å²) in [6.07, 6.45) is 0. The molecule has 3 rings (SSSR count). The van der Waals surface area contributed by atoms with E-state index >= 15 is 0 Å². The van der Waals surface area contributed by atoms with Crippen molar-refractivity contribution >= 4 is 27.0 Å². The van der Waals surface area contributed by atoms with E-state index in [0.29, 0.717) is 12.3 Å². The van der Waals surface area contributed by atoms with Crippen LogP contribution in [-0.2, 0) is 16.6 Å². The number of rotatable bonds is 11. The number of nitrogens with zero attached hydrogens (tertiary/aromatic N) is 3. The predicted molar refractivity (Wildman–Crippen MR) is 126 cm³/mol. The predicted octanol–water partition coefficient (Wildman–Crippen LogP) is 4.73. The summed E-state index contributed by atoms with van der Waals surface area (Å²) in [5.74, 6) is 0.759. The molecule has 0 spiro atoms.